The summed E-state index contributed by atoms with van der Waals surface area (Å²) in [5.41, 5.74) is 0.261. The molecule has 2 aromatic heterocycles. The van der Waals surface area contributed by atoms with Gasteiger partial charge in [-0.15, -0.1) is 11.3 Å². The highest BCUT2D eigenvalue weighted by atomic mass is 32.2. The quantitative estimate of drug-likeness (QED) is 0.156. The molecule has 4 fully saturated rings. The van der Waals surface area contributed by atoms with E-state index in [1.54, 1.807) is 32.4 Å². The number of amides is 4. The SMILES string of the molecule is COc1ccc2c(O[C@@H]3C[C@H]4C(=O)N[C@]5(C(=O)O)CC5C=CCCCCC[C@H](NC(=O)N[C@H](CN5CCCN(C)S5(=O)=O)C5CCC5)C(=O)N4C3)cc(-c3csc(NC(C)C)n3)nc2c1. The minimum absolute atomic E-state index is 0.0282. The number of ether oxygens (including phenoxy) is 2. The largest absolute Gasteiger partial charge is 0.497 e. The lowest BCUT2D eigenvalue weighted by Crippen LogP contribution is -2.60. The van der Waals surface area contributed by atoms with Crippen molar-refractivity contribution in [2.75, 3.05) is 45.7 Å². The van der Waals surface area contributed by atoms with E-state index in [-0.39, 0.29) is 44.3 Å². The van der Waals surface area contributed by atoms with Gasteiger partial charge >= 0.3 is 12.0 Å². The van der Waals surface area contributed by atoms with E-state index in [4.69, 9.17) is 19.4 Å². The van der Waals surface area contributed by atoms with Crippen molar-refractivity contribution in [3.8, 4) is 22.9 Å². The molecule has 2 aliphatic carbocycles. The second kappa shape index (κ2) is 19.4. The standard InChI is InChI=1S/C45H61N9O9S2/c1-27(2)46-44-50-37(26-64-44)35-22-39(32-17-16-30(62-4)20-34(32)47-35)63-31-21-38-40(55)51-45(42(57)58)23-29(45)14-8-6-5-7-9-15-33(41(56)54(38)24-31)48-43(59)49-36(28-12-10-13-28)25-53-19-11-18-52(3)65(53,60)61/h8,14,16-17,20,22,26-29,31,33,36,38H,5-7,9-13,15,18-19,21,23-25H2,1-4H3,(H,46,50)(H,51,55)(H,57,58)(H2,48,49,59)/t29?,31-,33+,36-,38+,45-/m1/s1. The molecule has 6 atom stereocenters. The number of carbonyl (C=O) groups is 4. The molecule has 2 saturated heterocycles. The highest BCUT2D eigenvalue weighted by Gasteiger charge is 2.61. The third-order valence-corrected chi connectivity index (χ3v) is 16.1. The molecule has 8 rings (SSSR count). The molecule has 5 N–H and O–H groups in total. The van der Waals surface area contributed by atoms with Crippen molar-refractivity contribution in [1.82, 2.24) is 39.4 Å². The molecule has 3 aliphatic heterocycles. The monoisotopic (exact) mass is 935 g/mol. The summed E-state index contributed by atoms with van der Waals surface area (Å²) in [4.78, 5) is 67.3. The van der Waals surface area contributed by atoms with E-state index >= 15 is 0 Å². The van der Waals surface area contributed by atoms with Gasteiger partial charge in [-0.3, -0.25) is 9.59 Å². The first kappa shape index (κ1) is 46.5. The predicted octanol–water partition coefficient (Wildman–Crippen LogP) is 4.73. The molecule has 3 aromatic rings. The molecule has 2 saturated carbocycles. The molecular formula is C45H61N9O9S2. The summed E-state index contributed by atoms with van der Waals surface area (Å²) in [5.74, 6) is -1.52. The first-order valence-electron chi connectivity index (χ1n) is 22.8. The number of fused-ring (bicyclic) bond motifs is 3. The van der Waals surface area contributed by atoms with Crippen LogP contribution in [0.1, 0.15) is 84.5 Å². The van der Waals surface area contributed by atoms with Crippen LogP contribution < -0.4 is 30.7 Å². The highest BCUT2D eigenvalue weighted by Crippen LogP contribution is 2.46. The molecule has 1 unspecified atom stereocenters. The zero-order valence-electron chi connectivity index (χ0n) is 37.5. The third kappa shape index (κ3) is 10.2. The number of carboxylic acids is 1. The van der Waals surface area contributed by atoms with Gasteiger partial charge in [0.1, 0.15) is 40.9 Å². The van der Waals surface area contributed by atoms with Gasteiger partial charge in [-0.05, 0) is 76.8 Å². The van der Waals surface area contributed by atoms with Gasteiger partial charge < -0.3 is 40.7 Å². The van der Waals surface area contributed by atoms with Gasteiger partial charge in [0.15, 0.2) is 5.13 Å². The number of urea groups is 1. The molecule has 20 heteroatoms. The number of anilines is 1. The maximum absolute atomic E-state index is 15.0. The summed E-state index contributed by atoms with van der Waals surface area (Å²) < 4.78 is 41.5. The number of thiazole rings is 1. The molecule has 5 heterocycles. The Morgan fingerprint density at radius 3 is 2.60 bits per heavy atom. The van der Waals surface area contributed by atoms with Crippen molar-refractivity contribution < 1.29 is 42.2 Å². The molecule has 1 aromatic carbocycles. The van der Waals surface area contributed by atoms with Crippen LogP contribution in [0.2, 0.25) is 0 Å². The normalized spacial score (nSPS) is 27.1. The summed E-state index contributed by atoms with van der Waals surface area (Å²) in [6.07, 6.45) is 9.84. The molecule has 5 aliphatic rings. The third-order valence-electron chi connectivity index (χ3n) is 13.4. The van der Waals surface area contributed by atoms with E-state index < -0.39 is 69.7 Å². The maximum Gasteiger partial charge on any atom is 0.330 e. The number of benzene rings is 1. The molecule has 0 spiro atoms. The number of aliphatic carboxylic acids is 1. The predicted molar refractivity (Wildman–Crippen MR) is 246 cm³/mol. The Kier molecular flexibility index (Phi) is 13.9. The first-order valence-corrected chi connectivity index (χ1v) is 25.1. The number of allylic oxidation sites excluding steroid dienone is 1. The van der Waals surface area contributed by atoms with Gasteiger partial charge in [0.05, 0.1) is 24.9 Å². The number of hydrogen-bond donors (Lipinski definition) is 5. The number of methoxy groups -OCH3 is 1. The van der Waals surface area contributed by atoms with Crippen molar-refractivity contribution in [1.29, 1.82) is 0 Å². The lowest BCUT2D eigenvalue weighted by Gasteiger charge is -2.40. The average molecular weight is 936 g/mol. The second-order valence-electron chi connectivity index (χ2n) is 18.4. The van der Waals surface area contributed by atoms with Crippen molar-refractivity contribution in [3.05, 3.63) is 41.8 Å². The van der Waals surface area contributed by atoms with Crippen LogP contribution in [0, 0.1) is 11.8 Å². The maximum atomic E-state index is 15.0. The first-order chi connectivity index (χ1) is 31.1. The second-order valence-corrected chi connectivity index (χ2v) is 21.3. The topological polar surface area (TPSA) is 225 Å². The lowest BCUT2D eigenvalue weighted by molar-refractivity contribution is -0.145. The Hall–Kier alpha value is -5.05. The molecule has 0 radical (unpaired) electrons. The number of carbonyl (C=O) groups excluding carboxylic acids is 3. The van der Waals surface area contributed by atoms with Crippen LogP contribution >= 0.6 is 11.3 Å². The van der Waals surface area contributed by atoms with Crippen LogP contribution in [0.3, 0.4) is 0 Å². The van der Waals surface area contributed by atoms with Gasteiger partial charge in [-0.2, -0.15) is 17.0 Å². The Bertz CT molecular complexity index is 2410. The smallest absolute Gasteiger partial charge is 0.330 e. The zero-order valence-corrected chi connectivity index (χ0v) is 39.1. The zero-order chi connectivity index (χ0) is 46.0. The Labute approximate surface area is 384 Å². The van der Waals surface area contributed by atoms with Gasteiger partial charge in [0.25, 0.3) is 10.2 Å². The fraction of sp³-hybridized carbons (Fsp3) is 0.600. The Balaban J connectivity index is 1.08. The molecule has 4 amide bonds. The van der Waals surface area contributed by atoms with Crippen LogP contribution in [0.15, 0.2) is 41.8 Å². The van der Waals surface area contributed by atoms with Gasteiger partial charge in [-0.25, -0.2) is 19.6 Å². The van der Waals surface area contributed by atoms with Crippen LogP contribution in [-0.2, 0) is 24.6 Å². The van der Waals surface area contributed by atoms with Crippen molar-refractivity contribution in [2.24, 2.45) is 11.8 Å². The van der Waals surface area contributed by atoms with E-state index in [2.05, 4.69) is 21.3 Å². The fourth-order valence-electron chi connectivity index (χ4n) is 9.39. The molecule has 65 heavy (non-hydrogen) atoms. The molecule has 0 bridgehead atoms. The number of pyridine rings is 1. The van der Waals surface area contributed by atoms with Crippen LogP contribution in [0.25, 0.3) is 22.3 Å². The van der Waals surface area contributed by atoms with Crippen molar-refractivity contribution >= 4 is 61.4 Å². The Morgan fingerprint density at radius 2 is 1.86 bits per heavy atom. The minimum Gasteiger partial charge on any atom is -0.497 e. The minimum atomic E-state index is -3.68. The van der Waals surface area contributed by atoms with Crippen LogP contribution in [-0.4, -0.2) is 137 Å². The van der Waals surface area contributed by atoms with Crippen molar-refractivity contribution in [3.63, 3.8) is 0 Å². The molecular weight excluding hydrogens is 875 g/mol. The summed E-state index contributed by atoms with van der Waals surface area (Å²) >= 11 is 1.45. The van der Waals surface area contributed by atoms with E-state index in [1.165, 1.54) is 24.8 Å². The summed E-state index contributed by atoms with van der Waals surface area (Å²) in [6, 6.07) is 4.17. The summed E-state index contributed by atoms with van der Waals surface area (Å²) in [7, 11) is -0.551. The van der Waals surface area contributed by atoms with E-state index in [0.717, 1.165) is 37.2 Å². The lowest BCUT2D eigenvalue weighted by atomic mass is 9.79. The van der Waals surface area contributed by atoms with E-state index in [9.17, 15) is 32.7 Å². The van der Waals surface area contributed by atoms with Crippen LogP contribution in [0.5, 0.6) is 11.5 Å². The number of nitrogens with zero attached hydrogens (tertiary/aromatic N) is 5. The highest BCUT2D eigenvalue weighted by molar-refractivity contribution is 7.86. The molecule has 18 nitrogen and oxygen atoms in total. The number of hydrogen-bond acceptors (Lipinski definition) is 12. The van der Waals surface area contributed by atoms with Gasteiger partial charge in [0, 0.05) is 74.0 Å². The molecule has 352 valence electrons. The van der Waals surface area contributed by atoms with Crippen LogP contribution in [0.4, 0.5) is 9.93 Å². The van der Waals surface area contributed by atoms with Gasteiger partial charge in [-0.1, -0.05) is 31.4 Å². The fourth-order valence-corrected chi connectivity index (χ4v) is 11.7. The summed E-state index contributed by atoms with van der Waals surface area (Å²) in [5, 5.41) is 25.8. The number of aromatic nitrogens is 2. The Morgan fingerprint density at radius 1 is 1.05 bits per heavy atom. The number of rotatable bonds is 12. The van der Waals surface area contributed by atoms with Gasteiger partial charge in [0.2, 0.25) is 11.8 Å². The number of nitrogens with one attached hydrogen (secondary N) is 4. The van der Waals surface area contributed by atoms with Crippen molar-refractivity contribution in [2.45, 2.75) is 120 Å². The summed E-state index contributed by atoms with van der Waals surface area (Å²) in [6.45, 7) is 4.93. The van der Waals surface area contributed by atoms with E-state index in [0.29, 0.717) is 66.1 Å². The van der Waals surface area contributed by atoms with E-state index in [1.807, 2.05) is 37.4 Å². The average Bonchev–Trinajstić information content (AvgIpc) is 3.51. The number of carboxylic acid groups (broad SMARTS) is 1.